The van der Waals surface area contributed by atoms with Crippen molar-refractivity contribution in [3.05, 3.63) is 66.2 Å². The average Bonchev–Trinajstić information content (AvgIpc) is 2.46. The van der Waals surface area contributed by atoms with E-state index in [2.05, 4.69) is 0 Å². The molecular formula is C17H12O3. The smallest absolute Gasteiger partial charge is 0.335 e. The summed E-state index contributed by atoms with van der Waals surface area (Å²) in [6, 6.07) is 18.1. The molecule has 0 bridgehead atoms. The second-order valence-electron chi connectivity index (χ2n) is 4.60. The fraction of sp³-hybridized carbons (Fsp3) is 0. The van der Waals surface area contributed by atoms with Crippen molar-refractivity contribution in [1.82, 2.24) is 0 Å². The summed E-state index contributed by atoms with van der Waals surface area (Å²) in [5.41, 5.74) is 1.67. The Morgan fingerprint density at radius 1 is 0.900 bits per heavy atom. The molecule has 3 heteroatoms. The molecule has 0 aliphatic rings. The molecule has 3 aromatic rings. The van der Waals surface area contributed by atoms with Crippen LogP contribution < -0.4 is 0 Å². The van der Waals surface area contributed by atoms with Gasteiger partial charge in [-0.1, -0.05) is 42.5 Å². The summed E-state index contributed by atoms with van der Waals surface area (Å²) in [7, 11) is 0. The fourth-order valence-electron chi connectivity index (χ4n) is 2.37. The first kappa shape index (κ1) is 12.2. The second-order valence-corrected chi connectivity index (χ2v) is 4.60. The summed E-state index contributed by atoms with van der Waals surface area (Å²) in [6.07, 6.45) is 0. The Hall–Kier alpha value is -2.81. The summed E-state index contributed by atoms with van der Waals surface area (Å²) in [5, 5.41) is 20.9. The maximum absolute atomic E-state index is 11.1. The average molecular weight is 264 g/mol. The highest BCUT2D eigenvalue weighted by Crippen LogP contribution is 2.31. The first-order chi connectivity index (χ1) is 9.65. The number of phenols is 1. The molecule has 0 fully saturated rings. The molecule has 0 aromatic heterocycles. The predicted octanol–water partition coefficient (Wildman–Crippen LogP) is 3.91. The lowest BCUT2D eigenvalue weighted by Gasteiger charge is -2.08. The minimum atomic E-state index is -1.05. The van der Waals surface area contributed by atoms with E-state index in [-0.39, 0.29) is 11.3 Å². The molecule has 0 aliphatic heterocycles. The third-order valence-corrected chi connectivity index (χ3v) is 3.27. The van der Waals surface area contributed by atoms with Crippen molar-refractivity contribution in [1.29, 1.82) is 0 Å². The van der Waals surface area contributed by atoms with Crippen molar-refractivity contribution < 1.29 is 15.0 Å². The minimum Gasteiger partial charge on any atom is -0.508 e. The Balaban J connectivity index is 2.28. The quantitative estimate of drug-likeness (QED) is 0.737. The van der Waals surface area contributed by atoms with Gasteiger partial charge in [-0.3, -0.25) is 0 Å². The van der Waals surface area contributed by atoms with E-state index in [0.717, 1.165) is 16.3 Å². The van der Waals surface area contributed by atoms with E-state index in [9.17, 15) is 9.90 Å². The van der Waals surface area contributed by atoms with Crippen LogP contribution in [0.2, 0.25) is 0 Å². The lowest BCUT2D eigenvalue weighted by molar-refractivity contribution is 0.0696. The molecule has 0 unspecified atom stereocenters. The SMILES string of the molecule is O=C(O)c1cc(O)cc(-c2cccc3ccccc23)c1. The Kier molecular flexibility index (Phi) is 2.88. The number of carboxylic acids is 1. The number of phenolic OH excluding ortho intramolecular Hbond substituents is 1. The molecule has 0 aliphatic carbocycles. The number of hydrogen-bond acceptors (Lipinski definition) is 2. The number of carboxylic acid groups (broad SMARTS) is 1. The summed E-state index contributed by atoms with van der Waals surface area (Å²) >= 11 is 0. The zero-order valence-corrected chi connectivity index (χ0v) is 10.6. The van der Waals surface area contributed by atoms with Crippen LogP contribution in [0.1, 0.15) is 10.4 Å². The normalized spacial score (nSPS) is 10.6. The number of fused-ring (bicyclic) bond motifs is 1. The topological polar surface area (TPSA) is 57.5 Å². The van der Waals surface area contributed by atoms with E-state index in [0.29, 0.717) is 5.56 Å². The van der Waals surface area contributed by atoms with E-state index in [4.69, 9.17) is 5.11 Å². The van der Waals surface area contributed by atoms with Gasteiger partial charge < -0.3 is 10.2 Å². The first-order valence-corrected chi connectivity index (χ1v) is 6.20. The fourth-order valence-corrected chi connectivity index (χ4v) is 2.37. The summed E-state index contributed by atoms with van der Waals surface area (Å²) in [4.78, 5) is 11.1. The highest BCUT2D eigenvalue weighted by atomic mass is 16.4. The highest BCUT2D eigenvalue weighted by molar-refractivity contribution is 5.98. The van der Waals surface area contributed by atoms with Crippen LogP contribution in [-0.4, -0.2) is 16.2 Å². The number of aromatic carboxylic acids is 1. The predicted molar refractivity (Wildman–Crippen MR) is 78.0 cm³/mol. The van der Waals surface area contributed by atoms with Gasteiger partial charge in [-0.25, -0.2) is 4.79 Å². The Morgan fingerprint density at radius 3 is 2.45 bits per heavy atom. The lowest BCUT2D eigenvalue weighted by atomic mass is 9.97. The molecule has 0 amide bonds. The molecule has 0 saturated carbocycles. The highest BCUT2D eigenvalue weighted by Gasteiger charge is 2.10. The van der Waals surface area contributed by atoms with E-state index in [1.165, 1.54) is 6.07 Å². The maximum Gasteiger partial charge on any atom is 0.335 e. The second kappa shape index (κ2) is 4.70. The van der Waals surface area contributed by atoms with Gasteiger partial charge in [-0.15, -0.1) is 0 Å². The van der Waals surface area contributed by atoms with Crippen molar-refractivity contribution in [3.63, 3.8) is 0 Å². The van der Waals surface area contributed by atoms with Crippen molar-refractivity contribution in [3.8, 4) is 16.9 Å². The molecule has 0 radical (unpaired) electrons. The van der Waals surface area contributed by atoms with Gasteiger partial charge in [-0.05, 0) is 40.1 Å². The van der Waals surface area contributed by atoms with Gasteiger partial charge in [0.15, 0.2) is 0 Å². The molecule has 3 aromatic carbocycles. The van der Waals surface area contributed by atoms with Crippen LogP contribution in [0, 0.1) is 0 Å². The lowest BCUT2D eigenvalue weighted by Crippen LogP contribution is -1.96. The zero-order valence-electron chi connectivity index (χ0n) is 10.6. The molecule has 0 heterocycles. The molecule has 3 nitrogen and oxygen atoms in total. The van der Waals surface area contributed by atoms with Gasteiger partial charge in [0, 0.05) is 0 Å². The van der Waals surface area contributed by atoms with Crippen LogP contribution in [0.25, 0.3) is 21.9 Å². The molecule has 2 N–H and O–H groups in total. The standard InChI is InChI=1S/C17H12O3/c18-14-9-12(8-13(10-14)17(19)20)16-7-3-5-11-4-1-2-6-15(11)16/h1-10,18H,(H,19,20). The van der Waals surface area contributed by atoms with Gasteiger partial charge in [0.1, 0.15) is 5.75 Å². The maximum atomic E-state index is 11.1. The van der Waals surface area contributed by atoms with Crippen LogP contribution in [0.5, 0.6) is 5.75 Å². The van der Waals surface area contributed by atoms with Gasteiger partial charge in [0.25, 0.3) is 0 Å². The van der Waals surface area contributed by atoms with E-state index in [1.807, 2.05) is 42.5 Å². The van der Waals surface area contributed by atoms with Gasteiger partial charge >= 0.3 is 5.97 Å². The summed E-state index contributed by atoms with van der Waals surface area (Å²) in [6.45, 7) is 0. The first-order valence-electron chi connectivity index (χ1n) is 6.20. The van der Waals surface area contributed by atoms with Crippen LogP contribution in [0.4, 0.5) is 0 Å². The Bertz CT molecular complexity index is 801. The molecule has 0 saturated heterocycles. The van der Waals surface area contributed by atoms with Crippen LogP contribution in [-0.2, 0) is 0 Å². The number of hydrogen-bond donors (Lipinski definition) is 2. The largest absolute Gasteiger partial charge is 0.508 e. The van der Waals surface area contributed by atoms with E-state index in [1.54, 1.807) is 12.1 Å². The summed E-state index contributed by atoms with van der Waals surface area (Å²) in [5.74, 6) is -1.10. The van der Waals surface area contributed by atoms with E-state index >= 15 is 0 Å². The van der Waals surface area contributed by atoms with Crippen molar-refractivity contribution >= 4 is 16.7 Å². The third-order valence-electron chi connectivity index (χ3n) is 3.27. The Morgan fingerprint density at radius 2 is 1.65 bits per heavy atom. The number of benzene rings is 3. The monoisotopic (exact) mass is 264 g/mol. The van der Waals surface area contributed by atoms with Crippen molar-refractivity contribution in [2.24, 2.45) is 0 Å². The van der Waals surface area contributed by atoms with E-state index < -0.39 is 5.97 Å². The van der Waals surface area contributed by atoms with Crippen molar-refractivity contribution in [2.45, 2.75) is 0 Å². The molecule has 20 heavy (non-hydrogen) atoms. The number of carbonyl (C=O) groups is 1. The van der Waals surface area contributed by atoms with Gasteiger partial charge in [0.05, 0.1) is 5.56 Å². The van der Waals surface area contributed by atoms with Gasteiger partial charge in [0.2, 0.25) is 0 Å². The van der Waals surface area contributed by atoms with Crippen LogP contribution in [0.3, 0.4) is 0 Å². The molecule has 0 atom stereocenters. The number of aromatic hydroxyl groups is 1. The van der Waals surface area contributed by atoms with Crippen LogP contribution >= 0.6 is 0 Å². The van der Waals surface area contributed by atoms with Crippen LogP contribution in [0.15, 0.2) is 60.7 Å². The third kappa shape index (κ3) is 2.10. The zero-order chi connectivity index (χ0) is 14.1. The molecule has 98 valence electrons. The molecule has 3 rings (SSSR count). The Labute approximate surface area is 115 Å². The minimum absolute atomic E-state index is 0.0483. The van der Waals surface area contributed by atoms with Gasteiger partial charge in [-0.2, -0.15) is 0 Å². The molecular weight excluding hydrogens is 252 g/mol. The summed E-state index contributed by atoms with van der Waals surface area (Å²) < 4.78 is 0. The molecule has 0 spiro atoms. The number of rotatable bonds is 2. The van der Waals surface area contributed by atoms with Crippen molar-refractivity contribution in [2.75, 3.05) is 0 Å².